The minimum Gasteiger partial charge on any atom is -0.394 e. The summed E-state index contributed by atoms with van der Waals surface area (Å²) in [5, 5.41) is 86.1. The summed E-state index contributed by atoms with van der Waals surface area (Å²) in [6.07, 6.45) is 11.6. The molecule has 0 aromatic carbocycles. The summed E-state index contributed by atoms with van der Waals surface area (Å²) in [4.78, 5) is 12.9. The number of hydrogen-bond donors (Lipinski definition) is 9. The first-order chi connectivity index (χ1) is 27.1. The molecule has 0 saturated carbocycles. The maximum atomic E-state index is 12.9. The van der Waals surface area contributed by atoms with E-state index < -0.39 is 86.8 Å². The molecular weight excluding hydrogens is 726 g/mol. The normalized spacial score (nSPS) is 29.5. The van der Waals surface area contributed by atoms with Crippen molar-refractivity contribution in [1.82, 2.24) is 5.32 Å². The van der Waals surface area contributed by atoms with Gasteiger partial charge in [-0.15, -0.1) is 0 Å². The lowest BCUT2D eigenvalue weighted by atomic mass is 9.97. The maximum absolute atomic E-state index is 12.9. The molecule has 2 rings (SSSR count). The van der Waals surface area contributed by atoms with E-state index in [0.717, 1.165) is 51.4 Å². The number of unbranched alkanes of at least 4 members (excludes halogenated alkanes) is 19. The Hall–Kier alpha value is -1.27. The van der Waals surface area contributed by atoms with Gasteiger partial charge in [-0.25, -0.2) is 0 Å². The molecule has 2 heterocycles. The molecule has 330 valence electrons. The average Bonchev–Trinajstić information content (AvgIpc) is 3.19. The molecule has 0 spiro atoms. The summed E-state index contributed by atoms with van der Waals surface area (Å²) < 4.78 is 22.5. The molecule has 2 aliphatic rings. The van der Waals surface area contributed by atoms with E-state index >= 15 is 0 Å². The Morgan fingerprint density at radius 1 is 0.625 bits per heavy atom. The number of rotatable bonds is 32. The number of nitrogens with one attached hydrogen (secondary N) is 1. The summed E-state index contributed by atoms with van der Waals surface area (Å²) in [6, 6.07) is -0.904. The second kappa shape index (κ2) is 30.7. The van der Waals surface area contributed by atoms with Crippen molar-refractivity contribution in [1.29, 1.82) is 0 Å². The third-order valence-electron chi connectivity index (χ3n) is 11.0. The van der Waals surface area contributed by atoms with Crippen LogP contribution >= 0.6 is 0 Å². The van der Waals surface area contributed by atoms with Gasteiger partial charge in [0.2, 0.25) is 5.91 Å². The van der Waals surface area contributed by atoms with Crippen LogP contribution in [0.25, 0.3) is 0 Å². The standard InChI is InChI=1S/C42H79NO13/c1-3-5-7-9-11-12-13-14-15-16-17-18-19-20-21-23-25-31(46)30(43-34(47)26-24-22-10-8-6-4-2)29-53-41-39(52)37(50)40(33(28-45)55-41)56-42-38(51)36(49)35(48)32(27-44)54-42/h23,25,30-33,35-42,44-46,48-52H,3-22,24,26-29H2,1-2H3,(H,43,47)/b25-23+. The van der Waals surface area contributed by atoms with Crippen LogP contribution < -0.4 is 5.32 Å². The zero-order valence-corrected chi connectivity index (χ0v) is 34.4. The Balaban J connectivity index is 1.88. The Labute approximate surface area is 336 Å². The van der Waals surface area contributed by atoms with E-state index in [9.17, 15) is 45.6 Å². The van der Waals surface area contributed by atoms with Crippen molar-refractivity contribution in [2.24, 2.45) is 0 Å². The van der Waals surface area contributed by atoms with Gasteiger partial charge in [-0.1, -0.05) is 142 Å². The monoisotopic (exact) mass is 806 g/mol. The molecule has 1 amide bonds. The molecule has 0 aliphatic carbocycles. The number of carbonyl (C=O) groups excluding carboxylic acids is 1. The van der Waals surface area contributed by atoms with Gasteiger partial charge in [-0.05, 0) is 19.3 Å². The van der Waals surface area contributed by atoms with Crippen molar-refractivity contribution in [2.75, 3.05) is 19.8 Å². The van der Waals surface area contributed by atoms with Crippen LogP contribution in [0.4, 0.5) is 0 Å². The van der Waals surface area contributed by atoms with Crippen LogP contribution in [0.3, 0.4) is 0 Å². The first-order valence-electron chi connectivity index (χ1n) is 21.9. The number of aliphatic hydroxyl groups is 8. The zero-order chi connectivity index (χ0) is 41.1. The van der Waals surface area contributed by atoms with Crippen molar-refractivity contribution in [3.63, 3.8) is 0 Å². The number of ether oxygens (including phenoxy) is 4. The van der Waals surface area contributed by atoms with E-state index in [1.54, 1.807) is 6.08 Å². The maximum Gasteiger partial charge on any atom is 0.220 e. The second-order valence-corrected chi connectivity index (χ2v) is 15.8. The molecule has 12 atom stereocenters. The van der Waals surface area contributed by atoms with Gasteiger partial charge < -0.3 is 65.1 Å². The largest absolute Gasteiger partial charge is 0.394 e. The summed E-state index contributed by atoms with van der Waals surface area (Å²) in [6.45, 7) is 2.69. The molecule has 2 aliphatic heterocycles. The fraction of sp³-hybridized carbons (Fsp3) is 0.929. The number of carbonyl (C=O) groups is 1. The van der Waals surface area contributed by atoms with E-state index in [0.29, 0.717) is 6.42 Å². The summed E-state index contributed by atoms with van der Waals surface area (Å²) in [5.74, 6) is -0.250. The van der Waals surface area contributed by atoms with Crippen molar-refractivity contribution in [3.8, 4) is 0 Å². The van der Waals surface area contributed by atoms with E-state index in [2.05, 4.69) is 19.2 Å². The quantitative estimate of drug-likeness (QED) is 0.0350. The topological polar surface area (TPSA) is 228 Å². The first kappa shape index (κ1) is 50.9. The van der Waals surface area contributed by atoms with Gasteiger partial charge in [0, 0.05) is 6.42 Å². The van der Waals surface area contributed by atoms with Gasteiger partial charge >= 0.3 is 0 Å². The second-order valence-electron chi connectivity index (χ2n) is 15.8. The van der Waals surface area contributed by atoms with Crippen LogP contribution in [0.5, 0.6) is 0 Å². The Morgan fingerprint density at radius 2 is 1.11 bits per heavy atom. The molecule has 12 unspecified atom stereocenters. The van der Waals surface area contributed by atoms with E-state index in [-0.39, 0.29) is 18.9 Å². The van der Waals surface area contributed by atoms with Crippen molar-refractivity contribution in [3.05, 3.63) is 12.2 Å². The zero-order valence-electron chi connectivity index (χ0n) is 34.4. The molecule has 2 fully saturated rings. The third kappa shape index (κ3) is 19.2. The van der Waals surface area contributed by atoms with Crippen LogP contribution in [0, 0.1) is 0 Å². The predicted molar refractivity (Wildman–Crippen MR) is 212 cm³/mol. The average molecular weight is 806 g/mol. The fourth-order valence-electron chi connectivity index (χ4n) is 7.29. The van der Waals surface area contributed by atoms with Gasteiger partial charge in [0.05, 0.1) is 32.0 Å². The summed E-state index contributed by atoms with van der Waals surface area (Å²) in [7, 11) is 0. The molecular formula is C42H79NO13. The molecule has 56 heavy (non-hydrogen) atoms. The minimum absolute atomic E-state index is 0.250. The molecule has 0 radical (unpaired) electrons. The van der Waals surface area contributed by atoms with Gasteiger partial charge in [0.15, 0.2) is 12.6 Å². The Kier molecular flexibility index (Phi) is 27.9. The molecule has 14 nitrogen and oxygen atoms in total. The highest BCUT2D eigenvalue weighted by Gasteiger charge is 2.50. The van der Waals surface area contributed by atoms with Crippen LogP contribution in [-0.2, 0) is 23.7 Å². The number of hydrogen-bond acceptors (Lipinski definition) is 13. The van der Waals surface area contributed by atoms with Crippen LogP contribution in [0.15, 0.2) is 12.2 Å². The molecule has 0 bridgehead atoms. The summed E-state index contributed by atoms with van der Waals surface area (Å²) >= 11 is 0. The fourth-order valence-corrected chi connectivity index (χ4v) is 7.29. The number of allylic oxidation sites excluding steroid dienone is 1. The smallest absolute Gasteiger partial charge is 0.220 e. The highest BCUT2D eigenvalue weighted by molar-refractivity contribution is 5.76. The minimum atomic E-state index is -1.78. The van der Waals surface area contributed by atoms with E-state index in [1.165, 1.54) is 77.0 Å². The Morgan fingerprint density at radius 3 is 1.64 bits per heavy atom. The lowest BCUT2D eigenvalue weighted by molar-refractivity contribution is -0.359. The molecule has 0 aromatic rings. The summed E-state index contributed by atoms with van der Waals surface area (Å²) in [5.41, 5.74) is 0. The molecule has 9 N–H and O–H groups in total. The van der Waals surface area contributed by atoms with Crippen LogP contribution in [0.1, 0.15) is 155 Å². The molecule has 14 heteroatoms. The van der Waals surface area contributed by atoms with Gasteiger partial charge in [-0.2, -0.15) is 0 Å². The first-order valence-corrected chi connectivity index (χ1v) is 21.9. The van der Waals surface area contributed by atoms with Crippen molar-refractivity contribution in [2.45, 2.75) is 229 Å². The van der Waals surface area contributed by atoms with Crippen LogP contribution in [-0.4, -0.2) is 140 Å². The number of amides is 1. The number of aliphatic hydroxyl groups excluding tert-OH is 8. The highest BCUT2D eigenvalue weighted by atomic mass is 16.7. The van der Waals surface area contributed by atoms with Gasteiger partial charge in [-0.3, -0.25) is 4.79 Å². The molecule has 2 saturated heterocycles. The highest BCUT2D eigenvalue weighted by Crippen LogP contribution is 2.30. The van der Waals surface area contributed by atoms with Crippen molar-refractivity contribution >= 4 is 5.91 Å². The van der Waals surface area contributed by atoms with Gasteiger partial charge in [0.1, 0.15) is 48.8 Å². The third-order valence-corrected chi connectivity index (χ3v) is 11.0. The Bertz CT molecular complexity index is 1000. The SMILES string of the molecule is CCCCCCCCCCCCCCCC/C=C/C(O)C(COC1OC(CO)C(OC2OC(CO)C(O)C(O)C2O)C(O)C1O)NC(=O)CCCCCCCC. The van der Waals surface area contributed by atoms with Crippen LogP contribution in [0.2, 0.25) is 0 Å². The molecule has 0 aromatic heterocycles. The van der Waals surface area contributed by atoms with E-state index in [1.807, 2.05) is 6.08 Å². The van der Waals surface area contributed by atoms with Gasteiger partial charge in [0.25, 0.3) is 0 Å². The van der Waals surface area contributed by atoms with Crippen molar-refractivity contribution < 1.29 is 64.6 Å². The predicted octanol–water partition coefficient (Wildman–Crippen LogP) is 3.65. The van der Waals surface area contributed by atoms with E-state index in [4.69, 9.17) is 18.9 Å². The lowest BCUT2D eigenvalue weighted by Crippen LogP contribution is -2.65. The lowest BCUT2D eigenvalue weighted by Gasteiger charge is -2.46.